The van der Waals surface area contributed by atoms with Crippen molar-refractivity contribution in [3.05, 3.63) is 46.7 Å². The predicted molar refractivity (Wildman–Crippen MR) is 97.1 cm³/mol. The van der Waals surface area contributed by atoms with Crippen molar-refractivity contribution in [3.63, 3.8) is 0 Å². The molecule has 5 nitrogen and oxygen atoms in total. The van der Waals surface area contributed by atoms with Crippen LogP contribution in [0.1, 0.15) is 23.1 Å². The summed E-state index contributed by atoms with van der Waals surface area (Å²) < 4.78 is 1.48. The first-order valence-electron chi connectivity index (χ1n) is 8.32. The number of rotatable bonds is 4. The maximum atomic E-state index is 11.5. The number of aryl methyl sites for hydroxylation is 1. The fraction of sp³-hybridized carbons (Fsp3) is 0.444. The minimum absolute atomic E-state index is 0.0334. The second kappa shape index (κ2) is 7.36. The van der Waals surface area contributed by atoms with Crippen molar-refractivity contribution in [2.24, 2.45) is 0 Å². The quantitative estimate of drug-likeness (QED) is 0.853. The Morgan fingerprint density at radius 1 is 1.21 bits per heavy atom. The van der Waals surface area contributed by atoms with E-state index >= 15 is 0 Å². The highest BCUT2D eigenvalue weighted by Crippen LogP contribution is 2.20. The molecule has 1 fully saturated rings. The smallest absolute Gasteiger partial charge is 0.243 e. The minimum atomic E-state index is -0.0334. The van der Waals surface area contributed by atoms with Crippen LogP contribution in [0.4, 0.5) is 5.69 Å². The van der Waals surface area contributed by atoms with E-state index in [-0.39, 0.29) is 5.91 Å². The molecule has 2 aromatic rings. The monoisotopic (exact) mass is 346 g/mol. The lowest BCUT2D eigenvalue weighted by Gasteiger charge is -2.36. The summed E-state index contributed by atoms with van der Waals surface area (Å²) >= 11 is 6.08. The van der Waals surface area contributed by atoms with E-state index in [1.54, 1.807) is 6.92 Å². The van der Waals surface area contributed by atoms with Crippen LogP contribution in [0.5, 0.6) is 0 Å². The summed E-state index contributed by atoms with van der Waals surface area (Å²) in [5, 5.41) is 5.16. The lowest BCUT2D eigenvalue weighted by Crippen LogP contribution is -2.47. The third-order valence-corrected chi connectivity index (χ3v) is 4.70. The SMILES string of the molecule is CC(=O)n1nc(CCN2CCN(c3cccc(Cl)c3)CC2)cc1C. The lowest BCUT2D eigenvalue weighted by molar-refractivity contribution is 0.0918. The van der Waals surface area contributed by atoms with Gasteiger partial charge in [-0.2, -0.15) is 5.10 Å². The van der Waals surface area contributed by atoms with Gasteiger partial charge >= 0.3 is 0 Å². The predicted octanol–water partition coefficient (Wildman–Crippen LogP) is 2.87. The topological polar surface area (TPSA) is 41.4 Å². The van der Waals surface area contributed by atoms with Gasteiger partial charge in [-0.3, -0.25) is 9.69 Å². The highest BCUT2D eigenvalue weighted by molar-refractivity contribution is 6.30. The maximum absolute atomic E-state index is 11.5. The van der Waals surface area contributed by atoms with Crippen LogP contribution in [0.3, 0.4) is 0 Å². The van der Waals surface area contributed by atoms with Crippen LogP contribution in [0.15, 0.2) is 30.3 Å². The van der Waals surface area contributed by atoms with Crippen molar-refractivity contribution < 1.29 is 4.79 Å². The first-order chi connectivity index (χ1) is 11.5. The summed E-state index contributed by atoms with van der Waals surface area (Å²) in [7, 11) is 0. The summed E-state index contributed by atoms with van der Waals surface area (Å²) in [4.78, 5) is 16.3. The minimum Gasteiger partial charge on any atom is -0.369 e. The molecular weight excluding hydrogens is 324 g/mol. The van der Waals surface area contributed by atoms with Crippen LogP contribution < -0.4 is 4.90 Å². The van der Waals surface area contributed by atoms with Gasteiger partial charge in [0.1, 0.15) is 0 Å². The van der Waals surface area contributed by atoms with Gasteiger partial charge < -0.3 is 4.90 Å². The molecule has 1 aromatic carbocycles. The average Bonchev–Trinajstić information content (AvgIpc) is 2.95. The van der Waals surface area contributed by atoms with Crippen LogP contribution in [-0.4, -0.2) is 53.3 Å². The summed E-state index contributed by atoms with van der Waals surface area (Å²) in [5.74, 6) is -0.0334. The second-order valence-electron chi connectivity index (χ2n) is 6.27. The van der Waals surface area contributed by atoms with E-state index in [1.807, 2.05) is 31.2 Å². The third-order valence-electron chi connectivity index (χ3n) is 4.47. The number of aromatic nitrogens is 2. The van der Waals surface area contributed by atoms with Crippen LogP contribution >= 0.6 is 11.6 Å². The Morgan fingerprint density at radius 2 is 1.96 bits per heavy atom. The van der Waals surface area contributed by atoms with E-state index in [0.717, 1.165) is 55.6 Å². The Kier molecular flexibility index (Phi) is 5.21. The van der Waals surface area contributed by atoms with Crippen LogP contribution in [0.2, 0.25) is 5.02 Å². The standard InChI is InChI=1S/C18H23ClN4O/c1-14-12-17(20-23(14)15(2)24)6-7-21-8-10-22(11-9-21)18-5-3-4-16(19)13-18/h3-5,12-13H,6-11H2,1-2H3. The first-order valence-corrected chi connectivity index (χ1v) is 8.70. The molecule has 0 amide bonds. The first kappa shape index (κ1) is 17.0. The van der Waals surface area contributed by atoms with Crippen molar-refractivity contribution in [2.75, 3.05) is 37.6 Å². The second-order valence-corrected chi connectivity index (χ2v) is 6.70. The summed E-state index contributed by atoms with van der Waals surface area (Å²) in [6, 6.07) is 10.0. The number of nitrogens with zero attached hydrogens (tertiary/aromatic N) is 4. The lowest BCUT2D eigenvalue weighted by atomic mass is 10.2. The molecule has 128 valence electrons. The molecule has 1 aromatic heterocycles. The van der Waals surface area contributed by atoms with E-state index in [4.69, 9.17) is 11.6 Å². The Labute approximate surface area is 147 Å². The molecular formula is C18H23ClN4O. The molecule has 0 atom stereocenters. The maximum Gasteiger partial charge on any atom is 0.243 e. The molecule has 1 aliphatic heterocycles. The van der Waals surface area contributed by atoms with Gasteiger partial charge in [-0.05, 0) is 31.2 Å². The van der Waals surface area contributed by atoms with Crippen LogP contribution in [0.25, 0.3) is 0 Å². The van der Waals surface area contributed by atoms with Crippen molar-refractivity contribution in [2.45, 2.75) is 20.3 Å². The van der Waals surface area contributed by atoms with E-state index in [9.17, 15) is 4.79 Å². The van der Waals surface area contributed by atoms with E-state index < -0.39 is 0 Å². The molecule has 0 bridgehead atoms. The van der Waals surface area contributed by atoms with E-state index in [0.29, 0.717) is 0 Å². The number of hydrogen-bond acceptors (Lipinski definition) is 4. The average molecular weight is 347 g/mol. The molecule has 3 rings (SSSR count). The molecule has 0 unspecified atom stereocenters. The molecule has 6 heteroatoms. The Morgan fingerprint density at radius 3 is 2.58 bits per heavy atom. The molecule has 1 aliphatic rings. The highest BCUT2D eigenvalue weighted by atomic mass is 35.5. The Bertz CT molecular complexity index is 720. The Hall–Kier alpha value is -1.85. The van der Waals surface area contributed by atoms with Gasteiger partial charge in [0.25, 0.3) is 0 Å². The molecule has 1 saturated heterocycles. The van der Waals surface area contributed by atoms with Crippen molar-refractivity contribution in [3.8, 4) is 0 Å². The zero-order valence-corrected chi connectivity index (χ0v) is 15.0. The van der Waals surface area contributed by atoms with Gasteiger partial charge in [-0.15, -0.1) is 0 Å². The van der Waals surface area contributed by atoms with E-state index in [1.165, 1.54) is 10.4 Å². The van der Waals surface area contributed by atoms with Gasteiger partial charge in [0.05, 0.1) is 5.69 Å². The summed E-state index contributed by atoms with van der Waals surface area (Å²) in [6.07, 6.45) is 0.873. The molecule has 0 spiro atoms. The third kappa shape index (κ3) is 3.97. The number of carbonyl (C=O) groups excluding carboxylic acids is 1. The van der Waals surface area contributed by atoms with Crippen molar-refractivity contribution in [1.29, 1.82) is 0 Å². The fourth-order valence-corrected chi connectivity index (χ4v) is 3.34. The summed E-state index contributed by atoms with van der Waals surface area (Å²) in [6.45, 7) is 8.48. The molecule has 0 aliphatic carbocycles. The number of benzene rings is 1. The molecule has 2 heterocycles. The van der Waals surface area contributed by atoms with Gasteiger partial charge in [0, 0.05) is 62.5 Å². The largest absolute Gasteiger partial charge is 0.369 e. The van der Waals surface area contributed by atoms with Crippen LogP contribution in [0, 0.1) is 6.92 Å². The zero-order chi connectivity index (χ0) is 17.1. The fourth-order valence-electron chi connectivity index (χ4n) is 3.15. The van der Waals surface area contributed by atoms with Crippen LogP contribution in [-0.2, 0) is 6.42 Å². The van der Waals surface area contributed by atoms with E-state index in [2.05, 4.69) is 21.0 Å². The number of anilines is 1. The molecule has 0 N–H and O–H groups in total. The van der Waals surface area contributed by atoms with Gasteiger partial charge in [0.2, 0.25) is 5.91 Å². The number of hydrogen-bond donors (Lipinski definition) is 0. The van der Waals surface area contributed by atoms with Gasteiger partial charge in [-0.1, -0.05) is 17.7 Å². The van der Waals surface area contributed by atoms with Crippen molar-refractivity contribution >= 4 is 23.2 Å². The Balaban J connectivity index is 1.51. The van der Waals surface area contributed by atoms with Crippen molar-refractivity contribution in [1.82, 2.24) is 14.7 Å². The number of piperazine rings is 1. The highest BCUT2D eigenvalue weighted by Gasteiger charge is 2.18. The summed E-state index contributed by atoms with van der Waals surface area (Å²) in [5.41, 5.74) is 3.08. The number of halogens is 1. The number of carbonyl (C=O) groups is 1. The zero-order valence-electron chi connectivity index (χ0n) is 14.2. The molecule has 0 saturated carbocycles. The molecule has 24 heavy (non-hydrogen) atoms. The van der Waals surface area contributed by atoms with Gasteiger partial charge in [-0.25, -0.2) is 4.68 Å². The van der Waals surface area contributed by atoms with Gasteiger partial charge in [0.15, 0.2) is 0 Å². The normalized spacial score (nSPS) is 15.7. The molecule has 0 radical (unpaired) electrons.